The van der Waals surface area contributed by atoms with E-state index in [2.05, 4.69) is 9.62 Å². The predicted molar refractivity (Wildman–Crippen MR) is 122 cm³/mol. The summed E-state index contributed by atoms with van der Waals surface area (Å²) in [5.41, 5.74) is 1.93. The number of nitrogens with one attached hydrogen (secondary N) is 1. The number of ketones is 2. The molecule has 1 saturated heterocycles. The summed E-state index contributed by atoms with van der Waals surface area (Å²) in [6.07, 6.45) is 5.96. The van der Waals surface area contributed by atoms with Crippen LogP contribution >= 0.6 is 0 Å². The van der Waals surface area contributed by atoms with Crippen LogP contribution in [-0.4, -0.2) is 45.1 Å². The van der Waals surface area contributed by atoms with Gasteiger partial charge < -0.3 is 4.74 Å². The monoisotopic (exact) mass is 452 g/mol. The van der Waals surface area contributed by atoms with E-state index in [9.17, 15) is 18.0 Å². The molecule has 32 heavy (non-hydrogen) atoms. The lowest BCUT2D eigenvalue weighted by Crippen LogP contribution is -2.21. The first-order valence-electron chi connectivity index (χ1n) is 10.4. The number of anilines is 1. The summed E-state index contributed by atoms with van der Waals surface area (Å²) in [5.74, 6) is -0.0110. The van der Waals surface area contributed by atoms with E-state index in [0.29, 0.717) is 23.5 Å². The number of methoxy groups -OCH3 is 1. The first kappa shape index (κ1) is 22.0. The van der Waals surface area contributed by atoms with Crippen molar-refractivity contribution in [2.45, 2.75) is 24.3 Å². The summed E-state index contributed by atoms with van der Waals surface area (Å²) >= 11 is 0. The summed E-state index contributed by atoms with van der Waals surface area (Å²) < 4.78 is 34.0. The van der Waals surface area contributed by atoms with E-state index < -0.39 is 10.0 Å². The minimum atomic E-state index is -3.88. The van der Waals surface area contributed by atoms with Crippen molar-refractivity contribution in [1.82, 2.24) is 4.90 Å². The summed E-state index contributed by atoms with van der Waals surface area (Å²) in [6.45, 7) is 2.50. The minimum Gasteiger partial charge on any atom is -0.497 e. The van der Waals surface area contributed by atoms with Gasteiger partial charge in [0.1, 0.15) is 5.75 Å². The Balaban J connectivity index is 1.70. The van der Waals surface area contributed by atoms with Crippen LogP contribution in [0.5, 0.6) is 5.75 Å². The largest absolute Gasteiger partial charge is 0.497 e. The molecule has 1 aliphatic carbocycles. The highest BCUT2D eigenvalue weighted by molar-refractivity contribution is 7.92. The summed E-state index contributed by atoms with van der Waals surface area (Å²) in [5, 5.41) is 0. The van der Waals surface area contributed by atoms with Gasteiger partial charge in [0.2, 0.25) is 0 Å². The number of nitrogens with zero attached hydrogens (tertiary/aromatic N) is 1. The molecule has 2 aromatic rings. The molecule has 0 amide bonds. The van der Waals surface area contributed by atoms with Crippen LogP contribution in [0.15, 0.2) is 65.6 Å². The molecule has 7 nitrogen and oxygen atoms in total. The molecule has 0 atom stereocenters. The maximum Gasteiger partial charge on any atom is 0.261 e. The highest BCUT2D eigenvalue weighted by Gasteiger charge is 2.21. The molecule has 1 fully saturated rings. The van der Waals surface area contributed by atoms with Crippen LogP contribution in [0.25, 0.3) is 5.57 Å². The fraction of sp³-hybridized carbons (Fsp3) is 0.250. The van der Waals surface area contributed by atoms with Gasteiger partial charge in [-0.3, -0.25) is 19.2 Å². The maximum absolute atomic E-state index is 13.1. The molecule has 0 unspecified atom stereocenters. The molecule has 1 aliphatic heterocycles. The summed E-state index contributed by atoms with van der Waals surface area (Å²) in [4.78, 5) is 26.5. The molecule has 0 spiro atoms. The van der Waals surface area contributed by atoms with Crippen LogP contribution in [0, 0.1) is 0 Å². The predicted octanol–water partition coefficient (Wildman–Crippen LogP) is 3.18. The Morgan fingerprint density at radius 2 is 1.72 bits per heavy atom. The molecule has 0 radical (unpaired) electrons. The van der Waals surface area contributed by atoms with Gasteiger partial charge in [0.15, 0.2) is 11.6 Å². The topological polar surface area (TPSA) is 92.8 Å². The van der Waals surface area contributed by atoms with Gasteiger partial charge in [0.05, 0.1) is 17.7 Å². The van der Waals surface area contributed by atoms with Crippen molar-refractivity contribution in [2.24, 2.45) is 0 Å². The van der Waals surface area contributed by atoms with Crippen LogP contribution in [0.2, 0.25) is 0 Å². The maximum atomic E-state index is 13.1. The number of carbonyl (C=O) groups is 2. The van der Waals surface area contributed by atoms with E-state index in [1.165, 1.54) is 37.5 Å². The highest BCUT2D eigenvalue weighted by atomic mass is 32.2. The van der Waals surface area contributed by atoms with Gasteiger partial charge in [-0.2, -0.15) is 0 Å². The van der Waals surface area contributed by atoms with Crippen molar-refractivity contribution < 1.29 is 22.7 Å². The number of benzene rings is 2. The summed E-state index contributed by atoms with van der Waals surface area (Å²) in [7, 11) is -2.36. The van der Waals surface area contributed by atoms with E-state index in [4.69, 9.17) is 4.74 Å². The van der Waals surface area contributed by atoms with Gasteiger partial charge in [-0.1, -0.05) is 12.1 Å². The third kappa shape index (κ3) is 4.81. The van der Waals surface area contributed by atoms with Crippen molar-refractivity contribution in [3.63, 3.8) is 0 Å². The number of likely N-dealkylation sites (tertiary alicyclic amines) is 1. The Labute approximate surface area is 187 Å². The Morgan fingerprint density at radius 3 is 2.41 bits per heavy atom. The molecule has 4 rings (SSSR count). The fourth-order valence-electron chi connectivity index (χ4n) is 3.85. The second kappa shape index (κ2) is 9.10. The van der Waals surface area contributed by atoms with Crippen LogP contribution in [0.4, 0.5) is 5.69 Å². The average Bonchev–Trinajstić information content (AvgIpc) is 3.30. The zero-order valence-electron chi connectivity index (χ0n) is 17.7. The van der Waals surface area contributed by atoms with E-state index in [-0.39, 0.29) is 22.0 Å². The van der Waals surface area contributed by atoms with Crippen LogP contribution < -0.4 is 9.46 Å². The second-order valence-electron chi connectivity index (χ2n) is 7.79. The lowest BCUT2D eigenvalue weighted by molar-refractivity contribution is -0.113. The first-order valence-corrected chi connectivity index (χ1v) is 11.8. The average molecular weight is 453 g/mol. The molecule has 2 aliphatic rings. The number of allylic oxidation sites excluding steroid dienone is 4. The van der Waals surface area contributed by atoms with E-state index in [0.717, 1.165) is 31.5 Å². The Morgan fingerprint density at radius 1 is 1.00 bits per heavy atom. The van der Waals surface area contributed by atoms with Crippen LogP contribution in [0.1, 0.15) is 24.0 Å². The van der Waals surface area contributed by atoms with E-state index >= 15 is 0 Å². The fourth-order valence-corrected chi connectivity index (χ4v) is 4.94. The zero-order chi connectivity index (χ0) is 22.7. The van der Waals surface area contributed by atoms with Crippen LogP contribution in [0.3, 0.4) is 0 Å². The highest BCUT2D eigenvalue weighted by Crippen LogP contribution is 2.29. The Bertz CT molecular complexity index is 1210. The summed E-state index contributed by atoms with van der Waals surface area (Å²) in [6, 6.07) is 11.3. The molecule has 166 valence electrons. The number of sulfonamides is 1. The number of hydrogen-bond donors (Lipinski definition) is 1. The van der Waals surface area contributed by atoms with Crippen molar-refractivity contribution in [3.8, 4) is 5.75 Å². The minimum absolute atomic E-state index is 0.0990. The van der Waals surface area contributed by atoms with Crippen molar-refractivity contribution in [3.05, 3.63) is 71.8 Å². The lowest BCUT2D eigenvalue weighted by atomic mass is 9.95. The number of rotatable bonds is 7. The van der Waals surface area contributed by atoms with E-state index in [1.807, 2.05) is 6.07 Å². The zero-order valence-corrected chi connectivity index (χ0v) is 18.5. The SMILES string of the molecule is COc1ccc(S(=O)(=O)Nc2cc(C3=CC(=O)C=CC3=O)ccc2CN2CCCC2)cc1. The van der Waals surface area contributed by atoms with Gasteiger partial charge in [-0.05, 0) is 85.6 Å². The normalized spacial score (nSPS) is 16.8. The molecule has 0 saturated carbocycles. The van der Waals surface area contributed by atoms with Gasteiger partial charge in [-0.25, -0.2) is 8.42 Å². The van der Waals surface area contributed by atoms with Gasteiger partial charge >= 0.3 is 0 Å². The molecular formula is C24H24N2O5S. The quantitative estimate of drug-likeness (QED) is 0.649. The molecule has 2 aromatic carbocycles. The standard InChI is InChI=1S/C24H24N2O5S/c1-31-20-7-9-21(10-8-20)32(29,30)25-23-14-17(22-15-19(27)6-11-24(22)28)4-5-18(23)16-26-12-2-3-13-26/h4-11,14-15,25H,2-3,12-13,16H2,1H3. The van der Waals surface area contributed by atoms with Crippen LogP contribution in [-0.2, 0) is 26.2 Å². The van der Waals surface area contributed by atoms with Crippen molar-refractivity contribution in [2.75, 3.05) is 24.9 Å². The number of hydrogen-bond acceptors (Lipinski definition) is 6. The smallest absolute Gasteiger partial charge is 0.261 e. The Hall–Kier alpha value is -3.23. The molecule has 0 aromatic heterocycles. The number of carbonyl (C=O) groups excluding carboxylic acids is 2. The molecule has 0 bridgehead atoms. The molecule has 8 heteroatoms. The Kier molecular flexibility index (Phi) is 6.25. The molecular weight excluding hydrogens is 428 g/mol. The molecule has 1 N–H and O–H groups in total. The van der Waals surface area contributed by atoms with Crippen molar-refractivity contribution in [1.29, 1.82) is 0 Å². The number of ether oxygens (including phenoxy) is 1. The molecule has 1 heterocycles. The second-order valence-corrected chi connectivity index (χ2v) is 9.48. The van der Waals surface area contributed by atoms with Gasteiger partial charge in [0.25, 0.3) is 10.0 Å². The lowest BCUT2D eigenvalue weighted by Gasteiger charge is -2.20. The van der Waals surface area contributed by atoms with Gasteiger partial charge in [-0.15, -0.1) is 0 Å². The van der Waals surface area contributed by atoms with E-state index in [1.54, 1.807) is 24.3 Å². The third-order valence-electron chi connectivity index (χ3n) is 5.58. The first-order chi connectivity index (χ1) is 15.4. The van der Waals surface area contributed by atoms with Gasteiger partial charge in [0, 0.05) is 12.1 Å². The third-order valence-corrected chi connectivity index (χ3v) is 6.96. The van der Waals surface area contributed by atoms with Crippen molar-refractivity contribution >= 4 is 32.9 Å².